The number of carboxylic acid groups (broad SMARTS) is 1. The third kappa shape index (κ3) is 5.11. The first-order valence-electron chi connectivity index (χ1n) is 5.64. The van der Waals surface area contributed by atoms with E-state index in [1.807, 2.05) is 6.92 Å². The molecular weight excluding hydrogens is 208 g/mol. The maximum atomic E-state index is 11.6. The quantitative estimate of drug-likeness (QED) is 0.596. The summed E-state index contributed by atoms with van der Waals surface area (Å²) in [4.78, 5) is 22.4. The van der Waals surface area contributed by atoms with Crippen molar-refractivity contribution in [2.75, 3.05) is 6.54 Å². The molecule has 0 rings (SSSR count). The van der Waals surface area contributed by atoms with Crippen molar-refractivity contribution in [2.45, 2.75) is 39.7 Å². The zero-order valence-electron chi connectivity index (χ0n) is 10.2. The van der Waals surface area contributed by atoms with Gasteiger partial charge in [-0.05, 0) is 18.4 Å². The van der Waals surface area contributed by atoms with E-state index < -0.39 is 12.0 Å². The second-order valence-electron chi connectivity index (χ2n) is 4.34. The molecule has 0 radical (unpaired) electrons. The summed E-state index contributed by atoms with van der Waals surface area (Å²) in [6.45, 7) is 5.93. The maximum Gasteiger partial charge on any atom is 0.326 e. The number of amides is 1. The first kappa shape index (κ1) is 14.9. The van der Waals surface area contributed by atoms with E-state index in [4.69, 9.17) is 10.8 Å². The Bertz CT molecular complexity index is 237. The average Bonchev–Trinajstić information content (AvgIpc) is 2.21. The molecule has 0 bridgehead atoms. The van der Waals surface area contributed by atoms with Crippen molar-refractivity contribution >= 4 is 11.9 Å². The summed E-state index contributed by atoms with van der Waals surface area (Å²) in [5.41, 5.74) is 5.49. The third-order valence-electron chi connectivity index (χ3n) is 2.63. The van der Waals surface area contributed by atoms with Crippen LogP contribution in [-0.2, 0) is 9.59 Å². The van der Waals surface area contributed by atoms with E-state index in [0.29, 0.717) is 13.0 Å². The Balaban J connectivity index is 4.25. The molecule has 94 valence electrons. The minimum Gasteiger partial charge on any atom is -0.480 e. The highest BCUT2D eigenvalue weighted by Crippen LogP contribution is 2.07. The van der Waals surface area contributed by atoms with Gasteiger partial charge >= 0.3 is 5.97 Å². The first-order valence-corrected chi connectivity index (χ1v) is 5.64. The van der Waals surface area contributed by atoms with Crippen LogP contribution in [0.4, 0.5) is 0 Å². The molecule has 0 aromatic rings. The van der Waals surface area contributed by atoms with Crippen molar-refractivity contribution < 1.29 is 14.7 Å². The molecule has 1 amide bonds. The van der Waals surface area contributed by atoms with Crippen LogP contribution in [0.1, 0.15) is 33.6 Å². The number of nitrogens with one attached hydrogen (secondary N) is 1. The number of nitrogens with two attached hydrogens (primary N) is 1. The van der Waals surface area contributed by atoms with Crippen molar-refractivity contribution in [3.05, 3.63) is 0 Å². The fraction of sp³-hybridized carbons (Fsp3) is 0.818. The SMILES string of the molecule is CCC(CN)CC(=O)NC(C(=O)O)C(C)C. The van der Waals surface area contributed by atoms with Crippen LogP contribution in [0.25, 0.3) is 0 Å². The van der Waals surface area contributed by atoms with Crippen molar-refractivity contribution in [1.29, 1.82) is 0 Å². The number of aliphatic carboxylic acids is 1. The summed E-state index contributed by atoms with van der Waals surface area (Å²) < 4.78 is 0. The maximum absolute atomic E-state index is 11.6. The largest absolute Gasteiger partial charge is 0.480 e. The van der Waals surface area contributed by atoms with E-state index in [0.717, 1.165) is 6.42 Å². The van der Waals surface area contributed by atoms with E-state index in [1.54, 1.807) is 13.8 Å². The standard InChI is InChI=1S/C11H22N2O3/c1-4-8(6-12)5-9(14)13-10(7(2)3)11(15)16/h7-8,10H,4-6,12H2,1-3H3,(H,13,14)(H,15,16). The third-order valence-corrected chi connectivity index (χ3v) is 2.63. The smallest absolute Gasteiger partial charge is 0.326 e. The van der Waals surface area contributed by atoms with E-state index in [2.05, 4.69) is 5.32 Å². The van der Waals surface area contributed by atoms with E-state index in [1.165, 1.54) is 0 Å². The van der Waals surface area contributed by atoms with Crippen molar-refractivity contribution in [3.63, 3.8) is 0 Å². The van der Waals surface area contributed by atoms with Crippen molar-refractivity contribution in [2.24, 2.45) is 17.6 Å². The highest BCUT2D eigenvalue weighted by atomic mass is 16.4. The summed E-state index contributed by atoms with van der Waals surface area (Å²) >= 11 is 0. The Labute approximate surface area is 96.4 Å². The van der Waals surface area contributed by atoms with E-state index in [9.17, 15) is 9.59 Å². The van der Waals surface area contributed by atoms with Crippen LogP contribution in [0, 0.1) is 11.8 Å². The molecule has 2 atom stereocenters. The lowest BCUT2D eigenvalue weighted by Crippen LogP contribution is -2.45. The minimum absolute atomic E-state index is 0.126. The highest BCUT2D eigenvalue weighted by Gasteiger charge is 2.24. The molecule has 2 unspecified atom stereocenters. The summed E-state index contributed by atoms with van der Waals surface area (Å²) in [7, 11) is 0. The van der Waals surface area contributed by atoms with Gasteiger partial charge in [0.25, 0.3) is 0 Å². The molecule has 0 saturated carbocycles. The highest BCUT2D eigenvalue weighted by molar-refractivity contribution is 5.83. The van der Waals surface area contributed by atoms with Crippen LogP contribution < -0.4 is 11.1 Å². The normalized spacial score (nSPS) is 14.6. The number of hydrogen-bond acceptors (Lipinski definition) is 3. The molecule has 0 aliphatic carbocycles. The molecule has 0 aliphatic rings. The fourth-order valence-corrected chi connectivity index (χ4v) is 1.40. The van der Waals surface area contributed by atoms with Gasteiger partial charge in [0.2, 0.25) is 5.91 Å². The number of carbonyl (C=O) groups is 2. The molecule has 5 heteroatoms. The molecule has 0 saturated heterocycles. The van der Waals surface area contributed by atoms with Gasteiger partial charge < -0.3 is 16.2 Å². The van der Waals surface area contributed by atoms with Crippen molar-refractivity contribution in [3.8, 4) is 0 Å². The number of carbonyl (C=O) groups excluding carboxylic acids is 1. The average molecular weight is 230 g/mol. The monoisotopic (exact) mass is 230 g/mol. The Hall–Kier alpha value is -1.10. The van der Waals surface area contributed by atoms with Crippen LogP contribution in [-0.4, -0.2) is 29.6 Å². The van der Waals surface area contributed by atoms with Gasteiger partial charge in [0.05, 0.1) is 0 Å². The van der Waals surface area contributed by atoms with Crippen LogP contribution >= 0.6 is 0 Å². The van der Waals surface area contributed by atoms with Gasteiger partial charge in [-0.2, -0.15) is 0 Å². The fourth-order valence-electron chi connectivity index (χ4n) is 1.40. The Morgan fingerprint density at radius 3 is 2.25 bits per heavy atom. The summed E-state index contributed by atoms with van der Waals surface area (Å²) in [5.74, 6) is -1.23. The second kappa shape index (κ2) is 7.22. The molecule has 0 heterocycles. The van der Waals surface area contributed by atoms with E-state index in [-0.39, 0.29) is 17.7 Å². The topological polar surface area (TPSA) is 92.4 Å². The molecule has 5 nitrogen and oxygen atoms in total. The molecule has 0 aromatic carbocycles. The molecule has 0 spiro atoms. The van der Waals surface area contributed by atoms with Gasteiger partial charge in [-0.15, -0.1) is 0 Å². The molecule has 16 heavy (non-hydrogen) atoms. The van der Waals surface area contributed by atoms with Gasteiger partial charge in [0, 0.05) is 6.42 Å². The molecule has 0 fully saturated rings. The van der Waals surface area contributed by atoms with Gasteiger partial charge in [-0.25, -0.2) is 4.79 Å². The van der Waals surface area contributed by atoms with Gasteiger partial charge in [-0.3, -0.25) is 4.79 Å². The first-order chi connectivity index (χ1) is 7.42. The van der Waals surface area contributed by atoms with Crippen LogP contribution in [0.15, 0.2) is 0 Å². The number of hydrogen-bond donors (Lipinski definition) is 3. The second-order valence-corrected chi connectivity index (χ2v) is 4.34. The van der Waals surface area contributed by atoms with Gasteiger partial charge in [0.1, 0.15) is 6.04 Å². The molecule has 4 N–H and O–H groups in total. The predicted molar refractivity (Wildman–Crippen MR) is 61.9 cm³/mol. The minimum atomic E-state index is -0.996. The Morgan fingerprint density at radius 2 is 1.94 bits per heavy atom. The Kier molecular flexibility index (Phi) is 6.72. The lowest BCUT2D eigenvalue weighted by atomic mass is 10.0. The Morgan fingerprint density at radius 1 is 1.38 bits per heavy atom. The zero-order chi connectivity index (χ0) is 12.7. The number of carboxylic acids is 1. The molecule has 0 aromatic heterocycles. The van der Waals surface area contributed by atoms with Gasteiger partial charge in [0.15, 0.2) is 0 Å². The van der Waals surface area contributed by atoms with Crippen LogP contribution in [0.2, 0.25) is 0 Å². The predicted octanol–water partition coefficient (Wildman–Crippen LogP) is 0.587. The zero-order valence-corrected chi connectivity index (χ0v) is 10.2. The molecule has 0 aliphatic heterocycles. The molecular formula is C11H22N2O3. The summed E-state index contributed by atoms with van der Waals surface area (Å²) in [6.07, 6.45) is 1.12. The van der Waals surface area contributed by atoms with Crippen molar-refractivity contribution in [1.82, 2.24) is 5.32 Å². The number of rotatable bonds is 7. The lowest BCUT2D eigenvalue weighted by Gasteiger charge is -2.19. The van der Waals surface area contributed by atoms with Gasteiger partial charge in [-0.1, -0.05) is 27.2 Å². The summed E-state index contributed by atoms with van der Waals surface area (Å²) in [6, 6.07) is -0.817. The summed E-state index contributed by atoms with van der Waals surface area (Å²) in [5, 5.41) is 11.4. The van der Waals surface area contributed by atoms with Crippen LogP contribution in [0.3, 0.4) is 0 Å². The lowest BCUT2D eigenvalue weighted by molar-refractivity contribution is -0.143. The van der Waals surface area contributed by atoms with Crippen LogP contribution in [0.5, 0.6) is 0 Å². The van der Waals surface area contributed by atoms with E-state index >= 15 is 0 Å².